The molecule has 220 valence electrons. The molecule has 3 aromatic carbocycles. The lowest BCUT2D eigenvalue weighted by Crippen LogP contribution is -2.53. The van der Waals surface area contributed by atoms with Gasteiger partial charge in [0.2, 0.25) is 5.91 Å². The molecule has 0 saturated carbocycles. The van der Waals surface area contributed by atoms with Crippen LogP contribution in [0.3, 0.4) is 0 Å². The van der Waals surface area contributed by atoms with Crippen LogP contribution in [0.5, 0.6) is 0 Å². The Kier molecular flexibility index (Phi) is 9.59. The fourth-order valence-corrected chi connectivity index (χ4v) is 6.06. The van der Waals surface area contributed by atoms with Gasteiger partial charge in [-0.05, 0) is 87.1 Å². The minimum absolute atomic E-state index is 0.189. The van der Waals surface area contributed by atoms with Crippen LogP contribution in [-0.2, 0) is 11.2 Å². The fraction of sp³-hybridized carbons (Fsp3) is 0.371. The second-order valence-electron chi connectivity index (χ2n) is 11.8. The van der Waals surface area contributed by atoms with Gasteiger partial charge in [-0.3, -0.25) is 4.79 Å². The highest BCUT2D eigenvalue weighted by Gasteiger charge is 2.32. The summed E-state index contributed by atoms with van der Waals surface area (Å²) in [6.45, 7) is 4.35. The summed E-state index contributed by atoms with van der Waals surface area (Å²) in [5.74, 6) is -0.0227. The molecule has 3 N–H and O–H groups in total. The van der Waals surface area contributed by atoms with E-state index in [2.05, 4.69) is 71.0 Å². The van der Waals surface area contributed by atoms with Crippen molar-refractivity contribution in [2.24, 2.45) is 0 Å². The first-order valence-electron chi connectivity index (χ1n) is 15.1. The molecule has 0 aliphatic carbocycles. The molecular formula is C35H43N5O2. The highest BCUT2D eigenvalue weighted by molar-refractivity contribution is 5.98. The Morgan fingerprint density at radius 1 is 0.976 bits per heavy atom. The second kappa shape index (κ2) is 13.7. The number of anilines is 1. The maximum absolute atomic E-state index is 13.9. The summed E-state index contributed by atoms with van der Waals surface area (Å²) in [5, 5.41) is 7.31. The van der Waals surface area contributed by atoms with Crippen LogP contribution in [0.1, 0.15) is 54.7 Å². The van der Waals surface area contributed by atoms with Crippen molar-refractivity contribution in [3.8, 4) is 0 Å². The molecule has 1 aliphatic heterocycles. The van der Waals surface area contributed by atoms with E-state index >= 15 is 0 Å². The number of likely N-dealkylation sites (tertiary alicyclic amines) is 1. The molecule has 0 spiro atoms. The molecule has 4 aromatic rings. The number of amides is 3. The van der Waals surface area contributed by atoms with Gasteiger partial charge in [-0.15, -0.1) is 0 Å². The minimum Gasteiger partial charge on any atom is -0.361 e. The zero-order valence-corrected chi connectivity index (χ0v) is 25.0. The van der Waals surface area contributed by atoms with Gasteiger partial charge in [0.25, 0.3) is 0 Å². The zero-order valence-electron chi connectivity index (χ0n) is 25.0. The molecule has 7 nitrogen and oxygen atoms in total. The Morgan fingerprint density at radius 2 is 1.71 bits per heavy atom. The van der Waals surface area contributed by atoms with E-state index in [1.807, 2.05) is 60.5 Å². The number of fused-ring (bicyclic) bond motifs is 1. The van der Waals surface area contributed by atoms with Crippen molar-refractivity contribution in [1.82, 2.24) is 20.1 Å². The van der Waals surface area contributed by atoms with Gasteiger partial charge in [0.15, 0.2) is 0 Å². The summed E-state index contributed by atoms with van der Waals surface area (Å²) in [4.78, 5) is 34.8. The Balaban J connectivity index is 1.31. The maximum Gasteiger partial charge on any atom is 0.318 e. The number of para-hydroxylation sites is 1. The summed E-state index contributed by atoms with van der Waals surface area (Å²) in [7, 11) is 4.15. The number of aryl methyl sites for hydroxylation is 1. The summed E-state index contributed by atoms with van der Waals surface area (Å²) >= 11 is 0. The molecule has 0 radical (unpaired) electrons. The average Bonchev–Trinajstić information content (AvgIpc) is 3.44. The first-order valence-corrected chi connectivity index (χ1v) is 15.1. The number of piperidine rings is 1. The Morgan fingerprint density at radius 3 is 2.48 bits per heavy atom. The lowest BCUT2D eigenvalue weighted by molar-refractivity contribution is -0.118. The second-order valence-corrected chi connectivity index (χ2v) is 11.8. The molecule has 1 aromatic heterocycles. The maximum atomic E-state index is 13.9. The highest BCUT2D eigenvalue weighted by atomic mass is 16.2. The number of aromatic amines is 1. The zero-order chi connectivity index (χ0) is 29.5. The van der Waals surface area contributed by atoms with Crippen LogP contribution in [0, 0.1) is 0 Å². The third-order valence-electron chi connectivity index (χ3n) is 8.49. The van der Waals surface area contributed by atoms with Gasteiger partial charge in [0.1, 0.15) is 6.04 Å². The number of hydrogen-bond donors (Lipinski definition) is 3. The van der Waals surface area contributed by atoms with Gasteiger partial charge < -0.3 is 25.4 Å². The summed E-state index contributed by atoms with van der Waals surface area (Å²) < 4.78 is 0. The molecule has 3 amide bonds. The summed E-state index contributed by atoms with van der Waals surface area (Å²) in [6.07, 6.45) is 5.76. The van der Waals surface area contributed by atoms with Gasteiger partial charge in [-0.25, -0.2) is 4.79 Å². The number of urea groups is 1. The van der Waals surface area contributed by atoms with Crippen molar-refractivity contribution >= 4 is 28.5 Å². The van der Waals surface area contributed by atoms with Crippen molar-refractivity contribution in [2.75, 3.05) is 39.0 Å². The Bertz CT molecular complexity index is 1470. The molecule has 1 fully saturated rings. The van der Waals surface area contributed by atoms with E-state index in [1.165, 1.54) is 11.1 Å². The van der Waals surface area contributed by atoms with E-state index < -0.39 is 6.04 Å². The van der Waals surface area contributed by atoms with Gasteiger partial charge in [0, 0.05) is 41.8 Å². The van der Waals surface area contributed by atoms with E-state index in [4.69, 9.17) is 0 Å². The number of carbonyl (C=O) groups is 2. The van der Waals surface area contributed by atoms with Gasteiger partial charge >= 0.3 is 6.03 Å². The summed E-state index contributed by atoms with van der Waals surface area (Å²) in [5.41, 5.74) is 5.27. The van der Waals surface area contributed by atoms with Crippen molar-refractivity contribution in [2.45, 2.75) is 50.5 Å². The minimum atomic E-state index is -0.749. The van der Waals surface area contributed by atoms with E-state index in [0.29, 0.717) is 19.0 Å². The van der Waals surface area contributed by atoms with Gasteiger partial charge in [-0.2, -0.15) is 0 Å². The highest BCUT2D eigenvalue weighted by Crippen LogP contribution is 2.30. The number of aromatic nitrogens is 1. The molecular weight excluding hydrogens is 522 g/mol. The number of nitrogens with one attached hydrogen (secondary N) is 3. The van der Waals surface area contributed by atoms with Gasteiger partial charge in [-0.1, -0.05) is 67.6 Å². The smallest absolute Gasteiger partial charge is 0.318 e. The normalized spacial score (nSPS) is 15.5. The molecule has 0 unspecified atom stereocenters. The monoisotopic (exact) mass is 565 g/mol. The molecule has 7 heteroatoms. The third kappa shape index (κ3) is 7.21. The van der Waals surface area contributed by atoms with E-state index in [-0.39, 0.29) is 17.9 Å². The SMILES string of the molecule is C[C@H](c1c[nH]c2ccccc12)[C@@H](NC(=O)N1CCC(c2ccccc2)CC1)C(=O)Nc1cccc(CCCN(C)C)c1. The Labute approximate surface area is 249 Å². The predicted molar refractivity (Wildman–Crippen MR) is 171 cm³/mol. The predicted octanol–water partition coefficient (Wildman–Crippen LogP) is 6.36. The van der Waals surface area contributed by atoms with Crippen LogP contribution in [0.2, 0.25) is 0 Å². The molecule has 5 rings (SSSR count). The fourth-order valence-electron chi connectivity index (χ4n) is 6.06. The standard InChI is InChI=1S/C35H43N5O2/c1-25(31-24-36-32-17-8-7-16-30(31)32)33(34(41)37-29-15-9-11-26(23-29)12-10-20-39(2)3)38-35(42)40-21-18-28(19-22-40)27-13-5-4-6-14-27/h4-9,11,13-17,23-25,28,33,36H,10,12,18-22H2,1-3H3,(H,37,41)(H,38,42)/t25-,33-/m1/s1. The molecule has 1 saturated heterocycles. The molecule has 42 heavy (non-hydrogen) atoms. The molecule has 1 aliphatic rings. The van der Waals surface area contributed by atoms with Crippen LogP contribution in [0.15, 0.2) is 85.1 Å². The first-order chi connectivity index (χ1) is 20.4. The Hall–Kier alpha value is -4.10. The average molecular weight is 566 g/mol. The topological polar surface area (TPSA) is 80.5 Å². The summed E-state index contributed by atoms with van der Waals surface area (Å²) in [6, 6.07) is 25.7. The van der Waals surface area contributed by atoms with Crippen LogP contribution in [-0.4, -0.2) is 66.5 Å². The van der Waals surface area contributed by atoms with E-state index in [9.17, 15) is 9.59 Å². The molecule has 0 bridgehead atoms. The largest absolute Gasteiger partial charge is 0.361 e. The third-order valence-corrected chi connectivity index (χ3v) is 8.49. The lowest BCUT2D eigenvalue weighted by Gasteiger charge is -2.34. The number of benzene rings is 3. The van der Waals surface area contributed by atoms with Crippen LogP contribution >= 0.6 is 0 Å². The van der Waals surface area contributed by atoms with Crippen molar-refractivity contribution < 1.29 is 9.59 Å². The van der Waals surface area contributed by atoms with Gasteiger partial charge in [0.05, 0.1) is 0 Å². The van der Waals surface area contributed by atoms with Crippen molar-refractivity contribution in [3.63, 3.8) is 0 Å². The van der Waals surface area contributed by atoms with Crippen LogP contribution < -0.4 is 10.6 Å². The first kappa shape index (κ1) is 29.4. The quantitative estimate of drug-likeness (QED) is 0.209. The number of carbonyl (C=O) groups excluding carboxylic acids is 2. The van der Waals surface area contributed by atoms with Crippen LogP contribution in [0.4, 0.5) is 10.5 Å². The molecule has 2 heterocycles. The van der Waals surface area contributed by atoms with E-state index in [0.717, 1.165) is 54.4 Å². The number of nitrogens with zero attached hydrogens (tertiary/aromatic N) is 2. The number of rotatable bonds is 10. The van der Waals surface area contributed by atoms with Crippen LogP contribution in [0.25, 0.3) is 10.9 Å². The number of H-pyrrole nitrogens is 1. The lowest BCUT2D eigenvalue weighted by atomic mass is 9.89. The number of hydrogen-bond acceptors (Lipinski definition) is 3. The molecule has 2 atom stereocenters. The van der Waals surface area contributed by atoms with E-state index in [1.54, 1.807) is 0 Å². The van der Waals surface area contributed by atoms with Crippen molar-refractivity contribution in [1.29, 1.82) is 0 Å². The van der Waals surface area contributed by atoms with Crippen molar-refractivity contribution in [3.05, 3.63) is 102 Å².